The van der Waals surface area contributed by atoms with E-state index in [1.807, 2.05) is 0 Å². The van der Waals surface area contributed by atoms with E-state index in [1.165, 1.54) is 6.92 Å². The van der Waals surface area contributed by atoms with Gasteiger partial charge in [-0.3, -0.25) is 9.45 Å². The highest BCUT2D eigenvalue weighted by Gasteiger charge is 2.12. The van der Waals surface area contributed by atoms with Crippen molar-refractivity contribution in [3.63, 3.8) is 0 Å². The monoisotopic (exact) mass is 366 g/mol. The molecule has 0 aliphatic carbocycles. The van der Waals surface area contributed by atoms with Crippen LogP contribution in [-0.4, -0.2) is 71.2 Å². The lowest BCUT2D eigenvalue weighted by molar-refractivity contribution is 0.161. The molecule has 0 bridgehead atoms. The van der Waals surface area contributed by atoms with Gasteiger partial charge in [0.1, 0.15) is 0 Å². The minimum absolute atomic E-state index is 0.201. The Morgan fingerprint density at radius 2 is 1.69 bits per heavy atom. The van der Waals surface area contributed by atoms with Crippen molar-refractivity contribution in [3.8, 4) is 0 Å². The van der Waals surface area contributed by atoms with E-state index in [2.05, 4.69) is 30.9 Å². The number of halogens is 1. The van der Waals surface area contributed by atoms with Crippen LogP contribution in [0.1, 0.15) is 6.92 Å². The third-order valence-electron chi connectivity index (χ3n) is 2.10. The molecular formula is C8H19IN2O4S. The lowest BCUT2D eigenvalue weighted by Crippen LogP contribution is -2.43. The van der Waals surface area contributed by atoms with Crippen LogP contribution < -0.4 is 0 Å². The standard InChI is InChI=1S/C6H13IN2O.C2H6O3S/c7-9-3-1-8(2-4-9)5-6-10;1-2-6(3,4)5/h10H,1-6H2;2H2,1H3,(H,3,4,5). The molecule has 0 radical (unpaired) electrons. The number of aliphatic hydroxyl groups is 1. The molecule has 1 fully saturated rings. The Morgan fingerprint density at radius 3 is 2.00 bits per heavy atom. The predicted molar refractivity (Wildman–Crippen MR) is 71.2 cm³/mol. The minimum Gasteiger partial charge on any atom is -0.395 e. The summed E-state index contributed by atoms with van der Waals surface area (Å²) in [6.07, 6.45) is 0. The molecule has 1 saturated heterocycles. The summed E-state index contributed by atoms with van der Waals surface area (Å²) >= 11 is 2.34. The summed E-state index contributed by atoms with van der Waals surface area (Å²) in [7, 11) is -3.66. The summed E-state index contributed by atoms with van der Waals surface area (Å²) in [6.45, 7) is 6.95. The fourth-order valence-corrected chi connectivity index (χ4v) is 1.52. The fourth-order valence-electron chi connectivity index (χ4n) is 1.09. The van der Waals surface area contributed by atoms with Crippen LogP contribution in [0, 0.1) is 0 Å². The molecule has 1 aliphatic rings. The zero-order valence-electron chi connectivity index (χ0n) is 9.34. The smallest absolute Gasteiger partial charge is 0.264 e. The van der Waals surface area contributed by atoms with Gasteiger partial charge in [-0.2, -0.15) is 8.42 Å². The van der Waals surface area contributed by atoms with Gasteiger partial charge in [0.25, 0.3) is 10.1 Å². The fraction of sp³-hybridized carbons (Fsp3) is 1.00. The summed E-state index contributed by atoms with van der Waals surface area (Å²) in [5.74, 6) is -0.201. The van der Waals surface area contributed by atoms with Gasteiger partial charge >= 0.3 is 0 Å². The molecule has 0 aromatic rings. The van der Waals surface area contributed by atoms with E-state index in [4.69, 9.17) is 9.66 Å². The molecule has 0 saturated carbocycles. The maximum atomic E-state index is 9.56. The highest BCUT2D eigenvalue weighted by Crippen LogP contribution is 2.04. The molecule has 0 aromatic carbocycles. The van der Waals surface area contributed by atoms with Crippen molar-refractivity contribution >= 4 is 33.0 Å². The van der Waals surface area contributed by atoms with Crippen molar-refractivity contribution in [1.29, 1.82) is 0 Å². The Kier molecular flexibility index (Phi) is 8.87. The molecule has 1 aliphatic heterocycles. The van der Waals surface area contributed by atoms with Crippen LogP contribution in [0.2, 0.25) is 0 Å². The Labute approximate surface area is 111 Å². The van der Waals surface area contributed by atoms with Gasteiger partial charge in [-0.05, 0) is 6.92 Å². The third kappa shape index (κ3) is 9.73. The van der Waals surface area contributed by atoms with Crippen LogP contribution in [0.25, 0.3) is 0 Å². The van der Waals surface area contributed by atoms with Crippen LogP contribution in [0.3, 0.4) is 0 Å². The molecule has 1 rings (SSSR count). The number of aliphatic hydroxyl groups excluding tert-OH is 1. The van der Waals surface area contributed by atoms with E-state index >= 15 is 0 Å². The molecule has 0 spiro atoms. The maximum absolute atomic E-state index is 9.56. The van der Waals surface area contributed by atoms with Crippen LogP contribution in [0.15, 0.2) is 0 Å². The Hall–Kier alpha value is 0.520. The molecule has 1 heterocycles. The Bertz CT molecular complexity index is 265. The topological polar surface area (TPSA) is 81.1 Å². The van der Waals surface area contributed by atoms with Gasteiger partial charge in [-0.1, -0.05) is 0 Å². The zero-order chi connectivity index (χ0) is 12.6. The van der Waals surface area contributed by atoms with Gasteiger partial charge in [0.2, 0.25) is 0 Å². The summed E-state index contributed by atoms with van der Waals surface area (Å²) in [4.78, 5) is 2.29. The molecule has 6 nitrogen and oxygen atoms in total. The van der Waals surface area contributed by atoms with E-state index < -0.39 is 10.1 Å². The molecule has 98 valence electrons. The first kappa shape index (κ1) is 16.5. The number of nitrogens with zero attached hydrogens (tertiary/aromatic N) is 2. The largest absolute Gasteiger partial charge is 0.395 e. The van der Waals surface area contributed by atoms with Gasteiger partial charge in [0.15, 0.2) is 0 Å². The van der Waals surface area contributed by atoms with E-state index in [0.29, 0.717) is 6.61 Å². The summed E-state index contributed by atoms with van der Waals surface area (Å²) < 4.78 is 29.2. The van der Waals surface area contributed by atoms with Gasteiger partial charge < -0.3 is 5.11 Å². The average molecular weight is 366 g/mol. The van der Waals surface area contributed by atoms with Gasteiger partial charge in [0, 0.05) is 55.6 Å². The van der Waals surface area contributed by atoms with Crippen molar-refractivity contribution in [2.75, 3.05) is 45.1 Å². The van der Waals surface area contributed by atoms with E-state index in [1.54, 1.807) is 0 Å². The van der Waals surface area contributed by atoms with Crippen molar-refractivity contribution in [3.05, 3.63) is 0 Å². The van der Waals surface area contributed by atoms with E-state index in [-0.39, 0.29) is 5.75 Å². The molecule has 0 amide bonds. The predicted octanol–water partition coefficient (Wildman–Crippen LogP) is -0.160. The average Bonchev–Trinajstić information content (AvgIpc) is 2.22. The van der Waals surface area contributed by atoms with Gasteiger partial charge in [-0.25, -0.2) is 3.11 Å². The molecule has 0 aromatic heterocycles. The molecule has 0 unspecified atom stereocenters. The molecule has 2 N–H and O–H groups in total. The van der Waals surface area contributed by atoms with E-state index in [9.17, 15) is 8.42 Å². The number of hydrogen-bond acceptors (Lipinski definition) is 5. The van der Waals surface area contributed by atoms with Crippen molar-refractivity contribution in [2.24, 2.45) is 0 Å². The van der Waals surface area contributed by atoms with Crippen LogP contribution in [-0.2, 0) is 10.1 Å². The highest BCUT2D eigenvalue weighted by molar-refractivity contribution is 14.1. The molecular weight excluding hydrogens is 347 g/mol. The van der Waals surface area contributed by atoms with E-state index in [0.717, 1.165) is 32.7 Å². The minimum atomic E-state index is -3.66. The van der Waals surface area contributed by atoms with Crippen LogP contribution in [0.4, 0.5) is 0 Å². The molecule has 8 heteroatoms. The quantitative estimate of drug-likeness (QED) is 0.411. The van der Waals surface area contributed by atoms with Crippen molar-refractivity contribution in [2.45, 2.75) is 6.92 Å². The normalized spacial score (nSPS) is 19.0. The number of hydrogen-bond donors (Lipinski definition) is 2. The Morgan fingerprint density at radius 1 is 1.25 bits per heavy atom. The lowest BCUT2D eigenvalue weighted by atomic mass is 10.4. The second kappa shape index (κ2) is 8.59. The summed E-state index contributed by atoms with van der Waals surface area (Å²) in [6, 6.07) is 0. The first-order chi connectivity index (χ1) is 7.39. The second-order valence-corrected chi connectivity index (χ2v) is 6.45. The lowest BCUT2D eigenvalue weighted by Gasteiger charge is -2.30. The van der Waals surface area contributed by atoms with Gasteiger partial charge in [-0.15, -0.1) is 0 Å². The first-order valence-corrected chi connectivity index (χ1v) is 7.65. The number of β-amino-alcohol motifs (C(OH)–C–C–N with tert-alkyl or cyclic N) is 1. The molecule has 16 heavy (non-hydrogen) atoms. The zero-order valence-corrected chi connectivity index (χ0v) is 12.3. The van der Waals surface area contributed by atoms with Crippen LogP contribution >= 0.6 is 22.9 Å². The van der Waals surface area contributed by atoms with Gasteiger partial charge in [0.05, 0.1) is 12.4 Å². The summed E-state index contributed by atoms with van der Waals surface area (Å²) in [5, 5.41) is 8.63. The SMILES string of the molecule is CCS(=O)(=O)O.OCCN1CCN(I)CC1. The first-order valence-electron chi connectivity index (χ1n) is 5.08. The number of rotatable bonds is 3. The Balaban J connectivity index is 0.000000325. The highest BCUT2D eigenvalue weighted by atomic mass is 127. The maximum Gasteiger partial charge on any atom is 0.264 e. The number of piperazine rings is 1. The third-order valence-corrected chi connectivity index (χ3v) is 3.79. The summed E-state index contributed by atoms with van der Waals surface area (Å²) in [5.41, 5.74) is 0. The van der Waals surface area contributed by atoms with Crippen molar-refractivity contribution < 1.29 is 18.1 Å². The van der Waals surface area contributed by atoms with Crippen LogP contribution in [0.5, 0.6) is 0 Å². The second-order valence-electron chi connectivity index (χ2n) is 3.35. The van der Waals surface area contributed by atoms with Crippen molar-refractivity contribution in [1.82, 2.24) is 8.01 Å². The molecule has 0 atom stereocenters.